The van der Waals surface area contributed by atoms with E-state index in [0.29, 0.717) is 5.76 Å². The SMILES string of the molecule is CCOC(=O)C1=c2s/c(=C/c3ccco3)c(=O)n2C(N)=C(S(=O)(=O)c2ccccc2)[C@H]1c1ccco1. The lowest BCUT2D eigenvalue weighted by molar-refractivity contribution is -0.136. The standard InChI is InChI=1S/C25H20N2O7S2/c1-2-32-25(29)20-19(17-11-7-13-34-17)21(36(30,31)16-9-4-3-5-10-16)22(26)27-23(28)18(35-24(20)27)14-15-8-6-12-33-15/h3-14,19H,2,26H2,1H3/b18-14+/t19-/m0/s1. The predicted octanol–water partition coefficient (Wildman–Crippen LogP) is 1.99. The summed E-state index contributed by atoms with van der Waals surface area (Å²) < 4.78 is 45.5. The third kappa shape index (κ3) is 3.82. The average Bonchev–Trinajstić information content (AvgIpc) is 3.63. The summed E-state index contributed by atoms with van der Waals surface area (Å²) in [5.41, 5.74) is 5.81. The van der Waals surface area contributed by atoms with Crippen molar-refractivity contribution in [1.82, 2.24) is 4.57 Å². The first-order chi connectivity index (χ1) is 17.3. The van der Waals surface area contributed by atoms with Crippen molar-refractivity contribution in [2.45, 2.75) is 17.7 Å². The van der Waals surface area contributed by atoms with Crippen molar-refractivity contribution in [3.8, 4) is 0 Å². The van der Waals surface area contributed by atoms with Crippen molar-refractivity contribution in [3.63, 3.8) is 0 Å². The van der Waals surface area contributed by atoms with Crippen LogP contribution in [0.2, 0.25) is 0 Å². The van der Waals surface area contributed by atoms with E-state index in [2.05, 4.69) is 0 Å². The Labute approximate surface area is 209 Å². The third-order valence-electron chi connectivity index (χ3n) is 5.58. The Hall–Kier alpha value is -4.09. The van der Waals surface area contributed by atoms with Gasteiger partial charge in [0.15, 0.2) is 0 Å². The van der Waals surface area contributed by atoms with Crippen molar-refractivity contribution >= 4 is 44.6 Å². The summed E-state index contributed by atoms with van der Waals surface area (Å²) in [5, 5.41) is 0. The average molecular weight is 525 g/mol. The Bertz CT molecular complexity index is 1740. The number of ether oxygens (including phenoxy) is 1. The minimum atomic E-state index is -4.29. The van der Waals surface area contributed by atoms with Crippen LogP contribution in [0.3, 0.4) is 0 Å². The number of carbonyl (C=O) groups excluding carboxylic acids is 1. The van der Waals surface area contributed by atoms with Gasteiger partial charge in [-0.3, -0.25) is 9.36 Å². The lowest BCUT2D eigenvalue weighted by Crippen LogP contribution is -2.41. The zero-order chi connectivity index (χ0) is 25.4. The normalized spacial score (nSPS) is 16.3. The molecule has 0 saturated heterocycles. The van der Waals surface area contributed by atoms with E-state index in [1.165, 1.54) is 30.7 Å². The van der Waals surface area contributed by atoms with Crippen LogP contribution in [0, 0.1) is 0 Å². The van der Waals surface area contributed by atoms with Gasteiger partial charge in [0.1, 0.15) is 26.9 Å². The second-order valence-corrected chi connectivity index (χ2v) is 10.7. The number of thiazole rings is 1. The van der Waals surface area contributed by atoms with Gasteiger partial charge < -0.3 is 19.3 Å². The molecule has 1 aromatic carbocycles. The van der Waals surface area contributed by atoms with Gasteiger partial charge in [-0.2, -0.15) is 0 Å². The molecule has 0 spiro atoms. The fourth-order valence-electron chi connectivity index (χ4n) is 4.06. The van der Waals surface area contributed by atoms with Crippen molar-refractivity contribution < 1.29 is 26.8 Å². The molecule has 0 fully saturated rings. The quantitative estimate of drug-likeness (QED) is 0.379. The molecule has 1 aliphatic rings. The Balaban J connectivity index is 1.92. The molecule has 5 rings (SSSR count). The number of aromatic nitrogens is 1. The summed E-state index contributed by atoms with van der Waals surface area (Å²) in [6, 6.07) is 14.1. The minimum Gasteiger partial charge on any atom is -0.468 e. The summed E-state index contributed by atoms with van der Waals surface area (Å²) in [5.74, 6) is -1.76. The maximum Gasteiger partial charge on any atom is 0.338 e. The number of hydrogen-bond acceptors (Lipinski definition) is 9. The molecular weight excluding hydrogens is 504 g/mol. The summed E-state index contributed by atoms with van der Waals surface area (Å²) in [7, 11) is -4.29. The predicted molar refractivity (Wildman–Crippen MR) is 133 cm³/mol. The lowest BCUT2D eigenvalue weighted by atomic mass is 9.94. The molecule has 11 heteroatoms. The van der Waals surface area contributed by atoms with Gasteiger partial charge in [-0.25, -0.2) is 13.2 Å². The fourth-order valence-corrected chi connectivity index (χ4v) is 6.88. The van der Waals surface area contributed by atoms with Crippen molar-refractivity contribution in [2.24, 2.45) is 5.73 Å². The van der Waals surface area contributed by atoms with E-state index >= 15 is 0 Å². The van der Waals surface area contributed by atoms with Crippen LogP contribution in [-0.2, 0) is 19.4 Å². The molecule has 1 atom stereocenters. The van der Waals surface area contributed by atoms with E-state index in [-0.39, 0.29) is 42.8 Å². The van der Waals surface area contributed by atoms with Gasteiger partial charge in [-0.15, -0.1) is 11.3 Å². The number of benzene rings is 1. The molecule has 0 unspecified atom stereocenters. The Morgan fingerprint density at radius 1 is 1.11 bits per heavy atom. The second-order valence-electron chi connectivity index (χ2n) is 7.72. The number of carbonyl (C=O) groups is 1. The van der Waals surface area contributed by atoms with Crippen LogP contribution in [-0.4, -0.2) is 25.6 Å². The number of esters is 1. The maximum atomic E-state index is 13.9. The van der Waals surface area contributed by atoms with Crippen molar-refractivity contribution in [2.75, 3.05) is 6.61 Å². The molecule has 0 amide bonds. The molecule has 4 aromatic rings. The van der Waals surface area contributed by atoms with Gasteiger partial charge in [0.2, 0.25) is 9.84 Å². The largest absolute Gasteiger partial charge is 0.468 e. The first kappa shape index (κ1) is 23.6. The molecule has 0 aliphatic carbocycles. The Morgan fingerprint density at radius 3 is 2.47 bits per heavy atom. The zero-order valence-corrected chi connectivity index (χ0v) is 20.5. The highest BCUT2D eigenvalue weighted by Crippen LogP contribution is 2.42. The summed E-state index contributed by atoms with van der Waals surface area (Å²) in [6.45, 7) is 1.67. The Morgan fingerprint density at radius 2 is 1.83 bits per heavy atom. The number of sulfone groups is 1. The third-order valence-corrected chi connectivity index (χ3v) is 8.61. The number of nitrogens with two attached hydrogens (primary N) is 1. The molecule has 3 aromatic heterocycles. The molecule has 36 heavy (non-hydrogen) atoms. The number of hydrogen-bond donors (Lipinski definition) is 1. The van der Waals surface area contributed by atoms with Gasteiger partial charge in [0.05, 0.1) is 40.1 Å². The van der Waals surface area contributed by atoms with Crippen LogP contribution in [0.15, 0.2) is 90.6 Å². The van der Waals surface area contributed by atoms with E-state index in [1.807, 2.05) is 0 Å². The van der Waals surface area contributed by atoms with Crippen LogP contribution < -0.4 is 20.5 Å². The first-order valence-electron chi connectivity index (χ1n) is 10.9. The highest BCUT2D eigenvalue weighted by Gasteiger charge is 2.43. The number of furan rings is 2. The monoisotopic (exact) mass is 524 g/mol. The van der Waals surface area contributed by atoms with E-state index < -0.39 is 27.3 Å². The van der Waals surface area contributed by atoms with E-state index in [4.69, 9.17) is 19.3 Å². The molecule has 2 N–H and O–H groups in total. The van der Waals surface area contributed by atoms with Gasteiger partial charge in [0, 0.05) is 6.08 Å². The van der Waals surface area contributed by atoms with E-state index in [9.17, 15) is 18.0 Å². The highest BCUT2D eigenvalue weighted by atomic mass is 32.2. The van der Waals surface area contributed by atoms with Crippen LogP contribution in [0.1, 0.15) is 24.4 Å². The second kappa shape index (κ2) is 9.17. The summed E-state index contributed by atoms with van der Waals surface area (Å²) >= 11 is 0.982. The van der Waals surface area contributed by atoms with Gasteiger partial charge in [-0.1, -0.05) is 18.2 Å². The van der Waals surface area contributed by atoms with Crippen LogP contribution in [0.4, 0.5) is 0 Å². The molecule has 184 valence electrons. The zero-order valence-electron chi connectivity index (χ0n) is 18.9. The number of fused-ring (bicyclic) bond motifs is 1. The van der Waals surface area contributed by atoms with Crippen LogP contribution in [0.25, 0.3) is 17.5 Å². The van der Waals surface area contributed by atoms with E-state index in [0.717, 1.165) is 15.9 Å². The molecule has 0 radical (unpaired) electrons. The fraction of sp³-hybridized carbons (Fsp3) is 0.120. The molecule has 0 saturated carbocycles. The van der Waals surface area contributed by atoms with Crippen LogP contribution >= 0.6 is 11.3 Å². The van der Waals surface area contributed by atoms with Gasteiger partial charge in [0.25, 0.3) is 5.56 Å². The lowest BCUT2D eigenvalue weighted by Gasteiger charge is -2.26. The number of allylic oxidation sites excluding steroid dienone is 1. The van der Waals surface area contributed by atoms with Gasteiger partial charge in [-0.05, 0) is 43.3 Å². The summed E-state index contributed by atoms with van der Waals surface area (Å²) in [4.78, 5) is 26.4. The molecular formula is C25H20N2O7S2. The van der Waals surface area contributed by atoms with E-state index in [1.54, 1.807) is 49.4 Å². The number of nitrogens with zero attached hydrogens (tertiary/aromatic N) is 1. The van der Waals surface area contributed by atoms with Crippen molar-refractivity contribution in [3.05, 3.63) is 103 Å². The summed E-state index contributed by atoms with van der Waals surface area (Å²) in [6.07, 6.45) is 4.33. The molecule has 1 aliphatic heterocycles. The Kier molecular flexibility index (Phi) is 6.02. The molecule has 9 nitrogen and oxygen atoms in total. The highest BCUT2D eigenvalue weighted by molar-refractivity contribution is 7.95. The van der Waals surface area contributed by atoms with Crippen LogP contribution in [0.5, 0.6) is 0 Å². The van der Waals surface area contributed by atoms with Crippen molar-refractivity contribution in [1.29, 1.82) is 0 Å². The first-order valence-corrected chi connectivity index (χ1v) is 13.2. The molecule has 0 bridgehead atoms. The maximum absolute atomic E-state index is 13.9. The van der Waals surface area contributed by atoms with Gasteiger partial charge >= 0.3 is 5.97 Å². The topological polar surface area (TPSA) is 135 Å². The molecule has 4 heterocycles. The number of rotatable bonds is 6. The minimum absolute atomic E-state index is 0.0359. The smallest absolute Gasteiger partial charge is 0.338 e.